The molecule has 20 heavy (non-hydrogen) atoms. The Balaban J connectivity index is 1.92. The lowest BCUT2D eigenvalue weighted by molar-refractivity contribution is -0.136. The van der Waals surface area contributed by atoms with Gasteiger partial charge in [-0.15, -0.1) is 0 Å². The molecule has 1 saturated heterocycles. The standard InChI is InChI=1S/C11H16N4O4S/c16-10(17)2-9-20(18,19)15-7-5-14(6-8-15)11-12-3-1-4-13-11/h1,3-4H,2,5-9H2,(H,16,17). The molecule has 1 aliphatic rings. The van der Waals surface area contributed by atoms with Gasteiger partial charge in [-0.05, 0) is 6.07 Å². The van der Waals surface area contributed by atoms with Gasteiger partial charge in [-0.2, -0.15) is 4.31 Å². The monoisotopic (exact) mass is 300 g/mol. The van der Waals surface area contributed by atoms with Crippen molar-refractivity contribution in [3.05, 3.63) is 18.5 Å². The van der Waals surface area contributed by atoms with E-state index < -0.39 is 16.0 Å². The second-order valence-corrected chi connectivity index (χ2v) is 6.48. The molecule has 2 rings (SSSR count). The third-order valence-corrected chi connectivity index (χ3v) is 4.91. The van der Waals surface area contributed by atoms with E-state index in [4.69, 9.17) is 5.11 Å². The molecule has 2 heterocycles. The number of nitrogens with zero attached hydrogens (tertiary/aromatic N) is 4. The summed E-state index contributed by atoms with van der Waals surface area (Å²) in [7, 11) is -3.50. The smallest absolute Gasteiger partial charge is 0.304 e. The van der Waals surface area contributed by atoms with E-state index in [0.717, 1.165) is 0 Å². The zero-order valence-corrected chi connectivity index (χ0v) is 11.7. The molecule has 1 aromatic rings. The molecule has 1 fully saturated rings. The molecule has 0 aromatic carbocycles. The van der Waals surface area contributed by atoms with Crippen LogP contribution in [0.5, 0.6) is 0 Å². The maximum Gasteiger partial charge on any atom is 0.304 e. The molecule has 8 nitrogen and oxygen atoms in total. The molecular weight excluding hydrogens is 284 g/mol. The van der Waals surface area contributed by atoms with Crippen LogP contribution in [0.1, 0.15) is 6.42 Å². The van der Waals surface area contributed by atoms with Crippen LogP contribution in [0.25, 0.3) is 0 Å². The average molecular weight is 300 g/mol. The van der Waals surface area contributed by atoms with E-state index in [1.807, 2.05) is 4.90 Å². The van der Waals surface area contributed by atoms with Crippen molar-refractivity contribution in [3.8, 4) is 0 Å². The molecule has 0 spiro atoms. The van der Waals surface area contributed by atoms with Crippen molar-refractivity contribution < 1.29 is 18.3 Å². The lowest BCUT2D eigenvalue weighted by atomic mass is 10.4. The van der Waals surface area contributed by atoms with Crippen LogP contribution in [0.4, 0.5) is 5.95 Å². The summed E-state index contributed by atoms with van der Waals surface area (Å²) in [4.78, 5) is 20.6. The van der Waals surface area contributed by atoms with Crippen molar-refractivity contribution >= 4 is 21.9 Å². The summed E-state index contributed by atoms with van der Waals surface area (Å²) in [6, 6.07) is 1.72. The maximum absolute atomic E-state index is 11.9. The SMILES string of the molecule is O=C(O)CCS(=O)(=O)N1CCN(c2ncccn2)CC1. The van der Waals surface area contributed by atoms with Gasteiger partial charge in [0.1, 0.15) is 0 Å². The molecule has 0 aliphatic carbocycles. The van der Waals surface area contributed by atoms with Gasteiger partial charge in [0, 0.05) is 38.6 Å². The van der Waals surface area contributed by atoms with E-state index in [9.17, 15) is 13.2 Å². The molecule has 0 radical (unpaired) electrons. The second kappa shape index (κ2) is 6.14. The minimum Gasteiger partial charge on any atom is -0.481 e. The highest BCUT2D eigenvalue weighted by atomic mass is 32.2. The number of anilines is 1. The van der Waals surface area contributed by atoms with Gasteiger partial charge in [0.15, 0.2) is 0 Å². The van der Waals surface area contributed by atoms with Gasteiger partial charge < -0.3 is 10.0 Å². The molecule has 9 heteroatoms. The van der Waals surface area contributed by atoms with E-state index in [0.29, 0.717) is 32.1 Å². The Hall–Kier alpha value is -1.74. The predicted octanol–water partition coefficient (Wildman–Crippen LogP) is -0.597. The first-order valence-corrected chi connectivity index (χ1v) is 7.81. The van der Waals surface area contributed by atoms with Gasteiger partial charge in [-0.25, -0.2) is 18.4 Å². The highest BCUT2D eigenvalue weighted by Gasteiger charge is 2.27. The molecule has 110 valence electrons. The fourth-order valence-corrected chi connectivity index (χ4v) is 3.38. The normalized spacial score (nSPS) is 17.1. The van der Waals surface area contributed by atoms with Gasteiger partial charge in [-0.3, -0.25) is 4.79 Å². The Morgan fingerprint density at radius 1 is 1.20 bits per heavy atom. The van der Waals surface area contributed by atoms with Crippen LogP contribution < -0.4 is 4.90 Å². The first-order valence-electron chi connectivity index (χ1n) is 6.20. The van der Waals surface area contributed by atoms with Crippen molar-refractivity contribution in [2.75, 3.05) is 36.8 Å². The fraction of sp³-hybridized carbons (Fsp3) is 0.545. The third kappa shape index (κ3) is 3.64. The molecule has 1 N–H and O–H groups in total. The number of sulfonamides is 1. The quantitative estimate of drug-likeness (QED) is 0.774. The summed E-state index contributed by atoms with van der Waals surface area (Å²) < 4.78 is 25.2. The van der Waals surface area contributed by atoms with E-state index in [2.05, 4.69) is 9.97 Å². The maximum atomic E-state index is 11.9. The van der Waals surface area contributed by atoms with E-state index in [-0.39, 0.29) is 12.2 Å². The predicted molar refractivity (Wildman–Crippen MR) is 71.9 cm³/mol. The topological polar surface area (TPSA) is 104 Å². The van der Waals surface area contributed by atoms with Gasteiger partial charge in [0.2, 0.25) is 16.0 Å². The summed E-state index contributed by atoms with van der Waals surface area (Å²) in [6.07, 6.45) is 2.90. The second-order valence-electron chi connectivity index (χ2n) is 4.39. The van der Waals surface area contributed by atoms with E-state index >= 15 is 0 Å². The minimum atomic E-state index is -3.50. The van der Waals surface area contributed by atoms with Crippen molar-refractivity contribution in [3.63, 3.8) is 0 Å². The van der Waals surface area contributed by atoms with E-state index in [1.165, 1.54) is 4.31 Å². The Bertz CT molecular complexity index is 555. The van der Waals surface area contributed by atoms with Gasteiger partial charge in [-0.1, -0.05) is 0 Å². The number of carboxylic acids is 1. The van der Waals surface area contributed by atoms with Crippen LogP contribution in [-0.2, 0) is 14.8 Å². The van der Waals surface area contributed by atoms with Crippen LogP contribution >= 0.6 is 0 Å². The average Bonchev–Trinajstić information content (AvgIpc) is 2.46. The number of aliphatic carboxylic acids is 1. The molecule has 1 aromatic heterocycles. The zero-order valence-electron chi connectivity index (χ0n) is 10.8. The lowest BCUT2D eigenvalue weighted by Crippen LogP contribution is -2.49. The van der Waals surface area contributed by atoms with Gasteiger partial charge in [0.25, 0.3) is 0 Å². The third-order valence-electron chi connectivity index (χ3n) is 3.04. The molecule has 0 unspecified atom stereocenters. The van der Waals surface area contributed by atoms with Crippen molar-refractivity contribution in [1.82, 2.24) is 14.3 Å². The summed E-state index contributed by atoms with van der Waals surface area (Å²) >= 11 is 0. The molecule has 0 bridgehead atoms. The Kier molecular flexibility index (Phi) is 4.50. The molecule has 0 atom stereocenters. The zero-order chi connectivity index (χ0) is 14.6. The van der Waals surface area contributed by atoms with Crippen LogP contribution in [0.3, 0.4) is 0 Å². The first-order chi connectivity index (χ1) is 9.49. The number of carbonyl (C=O) groups is 1. The van der Waals surface area contributed by atoms with Gasteiger partial charge in [0.05, 0.1) is 12.2 Å². The van der Waals surface area contributed by atoms with Gasteiger partial charge >= 0.3 is 5.97 Å². The Morgan fingerprint density at radius 2 is 1.80 bits per heavy atom. The number of hydrogen-bond acceptors (Lipinski definition) is 6. The largest absolute Gasteiger partial charge is 0.481 e. The van der Waals surface area contributed by atoms with Crippen LogP contribution in [0, 0.1) is 0 Å². The fourth-order valence-electron chi connectivity index (χ4n) is 1.97. The number of rotatable bonds is 5. The van der Waals surface area contributed by atoms with Crippen molar-refractivity contribution in [2.24, 2.45) is 0 Å². The molecule has 0 amide bonds. The minimum absolute atomic E-state index is 0.320. The Morgan fingerprint density at radius 3 is 2.35 bits per heavy atom. The Labute approximate surface area is 117 Å². The van der Waals surface area contributed by atoms with Crippen molar-refractivity contribution in [2.45, 2.75) is 6.42 Å². The number of aromatic nitrogens is 2. The van der Waals surface area contributed by atoms with Crippen LogP contribution in [-0.4, -0.2) is 65.7 Å². The highest BCUT2D eigenvalue weighted by Crippen LogP contribution is 2.13. The van der Waals surface area contributed by atoms with Crippen LogP contribution in [0.2, 0.25) is 0 Å². The van der Waals surface area contributed by atoms with Crippen molar-refractivity contribution in [1.29, 1.82) is 0 Å². The number of piperazine rings is 1. The van der Waals surface area contributed by atoms with Crippen LogP contribution in [0.15, 0.2) is 18.5 Å². The highest BCUT2D eigenvalue weighted by molar-refractivity contribution is 7.89. The molecule has 0 saturated carbocycles. The number of carboxylic acid groups (broad SMARTS) is 1. The number of hydrogen-bond donors (Lipinski definition) is 1. The summed E-state index contributed by atoms with van der Waals surface area (Å²) in [5.74, 6) is -0.885. The summed E-state index contributed by atoms with van der Waals surface area (Å²) in [5, 5.41) is 8.56. The molecular formula is C11H16N4O4S. The lowest BCUT2D eigenvalue weighted by Gasteiger charge is -2.33. The summed E-state index contributed by atoms with van der Waals surface area (Å²) in [5.41, 5.74) is 0. The molecule has 1 aliphatic heterocycles. The van der Waals surface area contributed by atoms with E-state index in [1.54, 1.807) is 18.5 Å². The summed E-state index contributed by atoms with van der Waals surface area (Å²) in [6.45, 7) is 1.63. The first kappa shape index (κ1) is 14.7.